The Labute approximate surface area is 214 Å². The Bertz CT molecular complexity index is 1270. The van der Waals surface area contributed by atoms with E-state index >= 15 is 0 Å². The number of carbonyl (C=O) groups excluding carboxylic acids is 1. The topological polar surface area (TPSA) is 97.1 Å². The molecule has 0 atom stereocenters. The van der Waals surface area contributed by atoms with Crippen molar-refractivity contribution in [3.63, 3.8) is 0 Å². The molecular formula is C24H30F3N5O4S. The van der Waals surface area contributed by atoms with Gasteiger partial charge in [-0.3, -0.25) is 4.79 Å². The first-order valence-corrected chi connectivity index (χ1v) is 14.0. The summed E-state index contributed by atoms with van der Waals surface area (Å²) < 4.78 is 74.8. The first-order valence-electron chi connectivity index (χ1n) is 12.1. The largest absolute Gasteiger partial charge is 0.497 e. The predicted molar refractivity (Wildman–Crippen MR) is 132 cm³/mol. The van der Waals surface area contributed by atoms with Gasteiger partial charge in [0.05, 0.1) is 19.1 Å². The van der Waals surface area contributed by atoms with E-state index in [0.29, 0.717) is 43.1 Å². The number of unbranched alkanes of at least 4 members (excludes halogenated alkanes) is 1. The lowest BCUT2D eigenvalue weighted by molar-refractivity contribution is -0.142. The number of aromatic nitrogens is 2. The van der Waals surface area contributed by atoms with Gasteiger partial charge in [-0.1, -0.05) is 0 Å². The number of amides is 1. The first kappa shape index (κ1) is 27.0. The molecule has 13 heteroatoms. The van der Waals surface area contributed by atoms with E-state index in [1.165, 1.54) is 12.0 Å². The Morgan fingerprint density at radius 1 is 1.11 bits per heavy atom. The van der Waals surface area contributed by atoms with Crippen LogP contribution in [0.4, 0.5) is 13.2 Å². The molecule has 1 amide bonds. The number of sulfonamides is 1. The van der Waals surface area contributed by atoms with Crippen molar-refractivity contribution in [1.29, 1.82) is 0 Å². The van der Waals surface area contributed by atoms with E-state index in [-0.39, 0.29) is 24.2 Å². The van der Waals surface area contributed by atoms with Crippen LogP contribution >= 0.6 is 0 Å². The number of fused-ring (bicyclic) bond motifs is 1. The number of hydrogen-bond donors (Lipinski definition) is 0. The van der Waals surface area contributed by atoms with Gasteiger partial charge in [-0.25, -0.2) is 13.1 Å². The van der Waals surface area contributed by atoms with Crippen molar-refractivity contribution >= 4 is 21.8 Å². The monoisotopic (exact) mass is 541 g/mol. The minimum Gasteiger partial charge on any atom is -0.497 e. The highest BCUT2D eigenvalue weighted by Crippen LogP contribution is 2.36. The Hall–Kier alpha value is -3.09. The van der Waals surface area contributed by atoms with Gasteiger partial charge in [-0.05, 0) is 56.4 Å². The fourth-order valence-electron chi connectivity index (χ4n) is 4.77. The third-order valence-electron chi connectivity index (χ3n) is 6.51. The van der Waals surface area contributed by atoms with Gasteiger partial charge in [0.1, 0.15) is 17.3 Å². The Morgan fingerprint density at radius 2 is 1.78 bits per heavy atom. The van der Waals surface area contributed by atoms with Gasteiger partial charge >= 0.3 is 6.18 Å². The van der Waals surface area contributed by atoms with Crippen LogP contribution in [-0.2, 0) is 22.6 Å². The molecule has 0 radical (unpaired) electrons. The molecule has 3 heterocycles. The van der Waals surface area contributed by atoms with Crippen LogP contribution in [0.3, 0.4) is 0 Å². The van der Waals surface area contributed by atoms with Gasteiger partial charge in [-0.2, -0.15) is 22.7 Å². The summed E-state index contributed by atoms with van der Waals surface area (Å²) in [4.78, 5) is 16.9. The molecule has 0 N–H and O–H groups in total. The lowest BCUT2D eigenvalue weighted by Gasteiger charge is -2.28. The Kier molecular flexibility index (Phi) is 7.81. The number of amidine groups is 1. The molecule has 9 nitrogen and oxygen atoms in total. The molecule has 0 aliphatic carbocycles. The van der Waals surface area contributed by atoms with Crippen LogP contribution in [0.5, 0.6) is 5.75 Å². The molecule has 202 valence electrons. The molecule has 4 rings (SSSR count). The molecule has 1 saturated heterocycles. The molecule has 1 aromatic carbocycles. The summed E-state index contributed by atoms with van der Waals surface area (Å²) in [6.07, 6.45) is -0.0235. The number of alkyl halides is 3. The Balaban J connectivity index is 1.50. The van der Waals surface area contributed by atoms with Gasteiger partial charge < -0.3 is 14.5 Å². The maximum absolute atomic E-state index is 13.7. The Morgan fingerprint density at radius 3 is 2.38 bits per heavy atom. The molecule has 37 heavy (non-hydrogen) atoms. The zero-order valence-corrected chi connectivity index (χ0v) is 21.6. The molecular weight excluding hydrogens is 511 g/mol. The molecule has 0 spiro atoms. The van der Waals surface area contributed by atoms with Crippen LogP contribution < -0.4 is 4.74 Å². The molecule has 0 bridgehead atoms. The van der Waals surface area contributed by atoms with Crippen LogP contribution in [0.2, 0.25) is 0 Å². The summed E-state index contributed by atoms with van der Waals surface area (Å²) in [5.74, 6) is 0.547. The van der Waals surface area contributed by atoms with Gasteiger partial charge in [0, 0.05) is 38.2 Å². The maximum Gasteiger partial charge on any atom is 0.435 e. The first-order chi connectivity index (χ1) is 17.5. The van der Waals surface area contributed by atoms with E-state index in [1.807, 2.05) is 4.90 Å². The maximum atomic E-state index is 13.7. The predicted octanol–water partition coefficient (Wildman–Crippen LogP) is 3.52. The van der Waals surface area contributed by atoms with Crippen molar-refractivity contribution in [3.05, 3.63) is 41.2 Å². The molecule has 1 aromatic heterocycles. The number of likely N-dealkylation sites (tertiary alicyclic amines) is 1. The average molecular weight is 542 g/mol. The van der Waals surface area contributed by atoms with Crippen LogP contribution in [0.15, 0.2) is 28.7 Å². The molecule has 2 aliphatic heterocycles. The molecule has 1 fully saturated rings. The number of ether oxygens (including phenoxy) is 1. The number of hydrogen-bond acceptors (Lipinski definition) is 5. The highest BCUT2D eigenvalue weighted by atomic mass is 32.2. The van der Waals surface area contributed by atoms with Gasteiger partial charge in [0.2, 0.25) is 0 Å². The summed E-state index contributed by atoms with van der Waals surface area (Å²) in [7, 11) is -2.05. The number of rotatable bonds is 8. The van der Waals surface area contributed by atoms with E-state index in [9.17, 15) is 26.4 Å². The molecule has 0 saturated carbocycles. The van der Waals surface area contributed by atoms with Crippen LogP contribution in [0.1, 0.15) is 53.8 Å². The van der Waals surface area contributed by atoms with Gasteiger partial charge in [0.15, 0.2) is 5.69 Å². The summed E-state index contributed by atoms with van der Waals surface area (Å²) in [5, 5.41) is 3.80. The minimum atomic E-state index is -4.69. The number of methoxy groups -OCH3 is 1. The second-order valence-corrected chi connectivity index (χ2v) is 10.9. The summed E-state index contributed by atoms with van der Waals surface area (Å²) >= 11 is 0. The lowest BCUT2D eigenvalue weighted by atomic mass is 10.0. The highest BCUT2D eigenvalue weighted by Gasteiger charge is 2.43. The summed E-state index contributed by atoms with van der Waals surface area (Å²) in [6, 6.07) is 6.30. The van der Waals surface area contributed by atoms with Crippen LogP contribution in [-0.4, -0.2) is 79.3 Å². The SMILES string of the molecule is COc1ccc(-n2nc(C(F)(F)F)c3c2C(=O)N(CCCCC(=NS(C)(=O)=O)N2CCCC2)CC3)cc1. The number of nitrogens with zero attached hydrogens (tertiary/aromatic N) is 5. The average Bonchev–Trinajstić information content (AvgIpc) is 3.50. The fourth-order valence-corrected chi connectivity index (χ4v) is 5.36. The van der Waals surface area contributed by atoms with Crippen molar-refractivity contribution in [3.8, 4) is 11.4 Å². The van der Waals surface area contributed by atoms with Crippen LogP contribution in [0, 0.1) is 0 Å². The van der Waals surface area contributed by atoms with Crippen molar-refractivity contribution in [2.75, 3.05) is 39.5 Å². The summed E-state index contributed by atoms with van der Waals surface area (Å²) in [6.45, 7) is 2.01. The zero-order chi connectivity index (χ0) is 26.8. The van der Waals surface area contributed by atoms with E-state index in [1.54, 1.807) is 24.3 Å². The minimum absolute atomic E-state index is 0.0423. The molecule has 2 aliphatic rings. The fraction of sp³-hybridized carbons (Fsp3) is 0.542. The van der Waals surface area contributed by atoms with E-state index in [0.717, 1.165) is 36.9 Å². The second kappa shape index (κ2) is 10.7. The highest BCUT2D eigenvalue weighted by molar-refractivity contribution is 7.89. The molecule has 2 aromatic rings. The van der Waals surface area contributed by atoms with Crippen molar-refractivity contribution < 1.29 is 31.1 Å². The number of carbonyl (C=O) groups is 1. The van der Waals surface area contributed by atoms with E-state index in [2.05, 4.69) is 9.50 Å². The second-order valence-electron chi connectivity index (χ2n) is 9.22. The van der Waals surface area contributed by atoms with Gasteiger partial charge in [0.25, 0.3) is 15.9 Å². The number of benzene rings is 1. The molecule has 0 unspecified atom stereocenters. The standard InChI is InChI=1S/C24H30F3N5O4S/c1-36-18-10-8-17(9-11-18)32-21-19(22(28-32)24(25,26)27)12-16-31(23(21)33)15-4-3-7-20(29-37(2,34)35)30-13-5-6-14-30/h8-11H,3-7,12-16H2,1-2H3. The number of halogens is 3. The quantitative estimate of drug-likeness (QED) is 0.288. The van der Waals surface area contributed by atoms with Crippen molar-refractivity contribution in [1.82, 2.24) is 19.6 Å². The van der Waals surface area contributed by atoms with Crippen molar-refractivity contribution in [2.24, 2.45) is 4.40 Å². The zero-order valence-electron chi connectivity index (χ0n) is 20.8. The third kappa shape index (κ3) is 6.25. The van der Waals surface area contributed by atoms with Gasteiger partial charge in [-0.15, -0.1) is 0 Å². The smallest absolute Gasteiger partial charge is 0.435 e. The van der Waals surface area contributed by atoms with Crippen molar-refractivity contribution in [2.45, 2.75) is 44.7 Å². The van der Waals surface area contributed by atoms with E-state index < -0.39 is 27.8 Å². The van der Waals surface area contributed by atoms with E-state index in [4.69, 9.17) is 4.74 Å². The third-order valence-corrected chi connectivity index (χ3v) is 7.05. The van der Waals surface area contributed by atoms with Crippen LogP contribution in [0.25, 0.3) is 5.69 Å². The normalized spacial score (nSPS) is 16.9. The summed E-state index contributed by atoms with van der Waals surface area (Å²) in [5.41, 5.74) is -0.894. The lowest BCUT2D eigenvalue weighted by Crippen LogP contribution is -2.39.